The van der Waals surface area contributed by atoms with Gasteiger partial charge < -0.3 is 10.4 Å². The molecule has 0 aliphatic rings. The lowest BCUT2D eigenvalue weighted by molar-refractivity contribution is -0.141. The lowest BCUT2D eigenvalue weighted by Gasteiger charge is -2.10. The highest BCUT2D eigenvalue weighted by Crippen LogP contribution is 2.04. The summed E-state index contributed by atoms with van der Waals surface area (Å²) in [6, 6.07) is 9.15. The Labute approximate surface area is 112 Å². The zero-order valence-corrected chi connectivity index (χ0v) is 10.8. The van der Waals surface area contributed by atoms with Gasteiger partial charge in [-0.2, -0.15) is 0 Å². The Hall–Kier alpha value is -2.28. The molecule has 0 heterocycles. The van der Waals surface area contributed by atoms with E-state index in [1.165, 1.54) is 0 Å². The minimum Gasteiger partial charge on any atom is -0.481 e. The molecule has 1 rings (SSSR count). The van der Waals surface area contributed by atoms with Gasteiger partial charge in [-0.15, -0.1) is 0 Å². The van der Waals surface area contributed by atoms with Gasteiger partial charge >= 0.3 is 5.97 Å². The van der Waals surface area contributed by atoms with Crippen LogP contribution in [0.1, 0.15) is 25.3 Å². The van der Waals surface area contributed by atoms with Gasteiger partial charge in [0.1, 0.15) is 0 Å². The smallest absolute Gasteiger partial charge is 0.308 e. The average Bonchev–Trinajstić information content (AvgIpc) is 2.42. The van der Waals surface area contributed by atoms with Crippen molar-refractivity contribution in [2.45, 2.75) is 19.8 Å². The number of hydrogen-bond donors (Lipinski definition) is 2. The first-order chi connectivity index (χ1) is 9.13. The van der Waals surface area contributed by atoms with Gasteiger partial charge in [-0.25, -0.2) is 0 Å². The minimum atomic E-state index is -0.891. The molecule has 1 atom stereocenters. The topological polar surface area (TPSA) is 66.4 Å². The Morgan fingerprint density at radius 1 is 1.32 bits per heavy atom. The number of benzene rings is 1. The summed E-state index contributed by atoms with van der Waals surface area (Å²) in [7, 11) is 0. The van der Waals surface area contributed by atoms with E-state index in [4.69, 9.17) is 5.11 Å². The highest BCUT2D eigenvalue weighted by atomic mass is 16.4. The number of nitrogens with one attached hydrogen (secondary N) is 1. The summed E-state index contributed by atoms with van der Waals surface area (Å²) in [5.74, 6) is 3.27. The third kappa shape index (κ3) is 5.73. The molecule has 0 fully saturated rings. The van der Waals surface area contributed by atoms with Crippen LogP contribution in [0.2, 0.25) is 0 Å². The van der Waals surface area contributed by atoms with E-state index >= 15 is 0 Å². The molecule has 0 aliphatic carbocycles. The zero-order chi connectivity index (χ0) is 14.1. The molecule has 1 unspecified atom stereocenters. The highest BCUT2D eigenvalue weighted by Gasteiger charge is 2.16. The predicted molar refractivity (Wildman–Crippen MR) is 72.4 cm³/mol. The van der Waals surface area contributed by atoms with Crippen molar-refractivity contribution in [2.24, 2.45) is 5.92 Å². The summed E-state index contributed by atoms with van der Waals surface area (Å²) in [4.78, 5) is 22.4. The van der Waals surface area contributed by atoms with Crippen LogP contribution in [0.5, 0.6) is 0 Å². The second-order valence-electron chi connectivity index (χ2n) is 4.15. The SMILES string of the molecule is CCCC(CNC(=O)C#Cc1ccccc1)C(=O)O. The molecule has 0 spiro atoms. The minimum absolute atomic E-state index is 0.117. The Kier molecular flexibility index (Phi) is 6.17. The van der Waals surface area contributed by atoms with E-state index in [0.717, 1.165) is 12.0 Å². The van der Waals surface area contributed by atoms with E-state index in [9.17, 15) is 9.59 Å². The number of aliphatic carboxylic acids is 1. The second-order valence-corrected chi connectivity index (χ2v) is 4.15. The normalized spacial score (nSPS) is 11.0. The van der Waals surface area contributed by atoms with Gasteiger partial charge in [-0.3, -0.25) is 9.59 Å². The maximum absolute atomic E-state index is 11.5. The number of carbonyl (C=O) groups is 2. The molecule has 1 amide bonds. The lowest BCUT2D eigenvalue weighted by Crippen LogP contribution is -2.32. The van der Waals surface area contributed by atoms with E-state index in [1.54, 1.807) is 12.1 Å². The molecule has 19 heavy (non-hydrogen) atoms. The van der Waals surface area contributed by atoms with Gasteiger partial charge in [0.05, 0.1) is 5.92 Å². The standard InChI is InChI=1S/C15H17NO3/c1-2-6-13(15(18)19)11-16-14(17)10-9-12-7-4-3-5-8-12/h3-5,7-8,13H,2,6,11H2,1H3,(H,16,17)(H,18,19). The molecule has 0 saturated carbocycles. The first kappa shape index (κ1) is 14.8. The Bertz CT molecular complexity index is 485. The quantitative estimate of drug-likeness (QED) is 0.790. The first-order valence-corrected chi connectivity index (χ1v) is 6.21. The van der Waals surface area contributed by atoms with Crippen LogP contribution in [0.3, 0.4) is 0 Å². The van der Waals surface area contributed by atoms with Crippen molar-refractivity contribution >= 4 is 11.9 Å². The fraction of sp³-hybridized carbons (Fsp3) is 0.333. The maximum Gasteiger partial charge on any atom is 0.308 e. The Morgan fingerprint density at radius 2 is 2.00 bits per heavy atom. The highest BCUT2D eigenvalue weighted by molar-refractivity contribution is 5.94. The van der Waals surface area contributed by atoms with E-state index in [2.05, 4.69) is 17.2 Å². The third-order valence-electron chi connectivity index (χ3n) is 2.59. The van der Waals surface area contributed by atoms with Crippen molar-refractivity contribution < 1.29 is 14.7 Å². The summed E-state index contributed by atoms with van der Waals surface area (Å²) in [6.45, 7) is 2.03. The van der Waals surface area contributed by atoms with Crippen LogP contribution in [0.25, 0.3) is 0 Å². The monoisotopic (exact) mass is 259 g/mol. The van der Waals surface area contributed by atoms with Gasteiger partial charge in [0.25, 0.3) is 5.91 Å². The molecule has 0 aliphatic heterocycles. The molecule has 0 radical (unpaired) electrons. The van der Waals surface area contributed by atoms with Crippen molar-refractivity contribution in [3.8, 4) is 11.8 Å². The molecule has 1 aromatic carbocycles. The zero-order valence-electron chi connectivity index (χ0n) is 10.8. The number of hydrogen-bond acceptors (Lipinski definition) is 2. The van der Waals surface area contributed by atoms with Gasteiger partial charge in [0.2, 0.25) is 0 Å². The molecule has 4 nitrogen and oxygen atoms in total. The fourth-order valence-electron chi connectivity index (χ4n) is 1.57. The largest absolute Gasteiger partial charge is 0.481 e. The number of carboxylic acid groups (broad SMARTS) is 1. The van der Waals surface area contributed by atoms with Crippen LogP contribution in [-0.2, 0) is 9.59 Å². The Balaban J connectivity index is 2.48. The summed E-state index contributed by atoms with van der Waals surface area (Å²) < 4.78 is 0. The van der Waals surface area contributed by atoms with Crippen molar-refractivity contribution in [2.75, 3.05) is 6.54 Å². The molecule has 0 saturated heterocycles. The van der Waals surface area contributed by atoms with Gasteiger partial charge in [0.15, 0.2) is 0 Å². The number of carbonyl (C=O) groups excluding carboxylic acids is 1. The average molecular weight is 259 g/mol. The van der Waals surface area contributed by atoms with Crippen LogP contribution in [0.4, 0.5) is 0 Å². The molecule has 1 aromatic rings. The van der Waals surface area contributed by atoms with Crippen LogP contribution in [0.15, 0.2) is 30.3 Å². The summed E-state index contributed by atoms with van der Waals surface area (Å²) in [6.07, 6.45) is 1.31. The van der Waals surface area contributed by atoms with E-state index in [0.29, 0.717) is 6.42 Å². The lowest BCUT2D eigenvalue weighted by atomic mass is 10.0. The summed E-state index contributed by atoms with van der Waals surface area (Å²) in [5, 5.41) is 11.5. The van der Waals surface area contributed by atoms with Crippen molar-refractivity contribution in [3.05, 3.63) is 35.9 Å². The van der Waals surface area contributed by atoms with E-state index in [-0.39, 0.29) is 6.54 Å². The van der Waals surface area contributed by atoms with Crippen LogP contribution in [-0.4, -0.2) is 23.5 Å². The van der Waals surface area contributed by atoms with Crippen LogP contribution >= 0.6 is 0 Å². The van der Waals surface area contributed by atoms with Crippen molar-refractivity contribution in [1.82, 2.24) is 5.32 Å². The third-order valence-corrected chi connectivity index (χ3v) is 2.59. The Morgan fingerprint density at radius 3 is 2.58 bits per heavy atom. The number of rotatable bonds is 5. The first-order valence-electron chi connectivity index (χ1n) is 6.21. The summed E-state index contributed by atoms with van der Waals surface area (Å²) in [5.41, 5.74) is 0.751. The van der Waals surface area contributed by atoms with Gasteiger partial charge in [-0.05, 0) is 18.6 Å². The van der Waals surface area contributed by atoms with Gasteiger partial charge in [-0.1, -0.05) is 37.5 Å². The predicted octanol–water partition coefficient (Wildman–Crippen LogP) is 1.66. The second kappa shape index (κ2) is 7.93. The fourth-order valence-corrected chi connectivity index (χ4v) is 1.57. The van der Waals surface area contributed by atoms with Crippen LogP contribution < -0.4 is 5.32 Å². The van der Waals surface area contributed by atoms with Crippen LogP contribution in [0, 0.1) is 17.8 Å². The maximum atomic E-state index is 11.5. The molecule has 4 heteroatoms. The molecule has 100 valence electrons. The summed E-state index contributed by atoms with van der Waals surface area (Å²) >= 11 is 0. The molecule has 0 aromatic heterocycles. The molecular formula is C15H17NO3. The molecular weight excluding hydrogens is 242 g/mol. The van der Waals surface area contributed by atoms with Crippen molar-refractivity contribution in [3.63, 3.8) is 0 Å². The van der Waals surface area contributed by atoms with E-state index < -0.39 is 17.8 Å². The van der Waals surface area contributed by atoms with Gasteiger partial charge in [0, 0.05) is 18.0 Å². The van der Waals surface area contributed by atoms with Crippen molar-refractivity contribution in [1.29, 1.82) is 0 Å². The number of carboxylic acids is 1. The number of amides is 1. The molecule has 0 bridgehead atoms. The molecule has 2 N–H and O–H groups in total. The van der Waals surface area contributed by atoms with E-state index in [1.807, 2.05) is 25.1 Å².